The number of aromatic nitrogens is 4. The van der Waals surface area contributed by atoms with E-state index in [2.05, 4.69) is 32.4 Å². The Labute approximate surface area is 121 Å². The molecule has 1 aliphatic carbocycles. The number of aryl methyl sites for hydroxylation is 1. The van der Waals surface area contributed by atoms with Gasteiger partial charge in [0, 0.05) is 6.92 Å². The van der Waals surface area contributed by atoms with E-state index >= 15 is 0 Å². The normalized spacial score (nSPS) is 16.0. The summed E-state index contributed by atoms with van der Waals surface area (Å²) in [7, 11) is 0. The number of benzene rings is 1. The van der Waals surface area contributed by atoms with Crippen molar-refractivity contribution in [1.29, 1.82) is 0 Å². The van der Waals surface area contributed by atoms with Crippen LogP contribution in [0.2, 0.25) is 0 Å². The summed E-state index contributed by atoms with van der Waals surface area (Å²) in [5.41, 5.74) is 1.13. The second kappa shape index (κ2) is 4.51. The zero-order chi connectivity index (χ0) is 14.3. The minimum absolute atomic E-state index is 0.0975. The van der Waals surface area contributed by atoms with Crippen molar-refractivity contribution in [1.82, 2.24) is 20.3 Å². The van der Waals surface area contributed by atoms with Crippen LogP contribution < -0.4 is 0 Å². The first kappa shape index (κ1) is 12.3. The molecule has 1 saturated carbocycles. The monoisotopic (exact) mass is 282 g/mol. The summed E-state index contributed by atoms with van der Waals surface area (Å²) in [6.07, 6.45) is 2.51. The van der Waals surface area contributed by atoms with Gasteiger partial charge in [-0.2, -0.15) is 9.97 Å². The van der Waals surface area contributed by atoms with Crippen molar-refractivity contribution in [2.75, 3.05) is 0 Å². The highest BCUT2D eigenvalue weighted by molar-refractivity contribution is 5.38. The molecule has 2 aromatic heterocycles. The van der Waals surface area contributed by atoms with Gasteiger partial charge in [-0.1, -0.05) is 40.6 Å². The molecule has 0 saturated heterocycles. The second-order valence-corrected chi connectivity index (χ2v) is 5.37. The van der Waals surface area contributed by atoms with Gasteiger partial charge in [-0.25, -0.2) is 0 Å². The van der Waals surface area contributed by atoms with Crippen LogP contribution >= 0.6 is 0 Å². The Kier molecular flexibility index (Phi) is 2.63. The highest BCUT2D eigenvalue weighted by Crippen LogP contribution is 2.52. The molecule has 0 aliphatic heterocycles. The van der Waals surface area contributed by atoms with Gasteiger partial charge in [0.2, 0.25) is 11.8 Å². The van der Waals surface area contributed by atoms with Crippen molar-refractivity contribution in [3.8, 4) is 0 Å². The van der Waals surface area contributed by atoms with E-state index in [0.717, 1.165) is 12.8 Å². The summed E-state index contributed by atoms with van der Waals surface area (Å²) in [5, 5.41) is 7.89. The van der Waals surface area contributed by atoms with Gasteiger partial charge in [-0.3, -0.25) is 0 Å². The summed E-state index contributed by atoms with van der Waals surface area (Å²) >= 11 is 0. The molecule has 21 heavy (non-hydrogen) atoms. The maximum atomic E-state index is 5.48. The largest absolute Gasteiger partial charge is 0.340 e. The van der Waals surface area contributed by atoms with Crippen LogP contribution in [0.3, 0.4) is 0 Å². The summed E-state index contributed by atoms with van der Waals surface area (Å²) in [6, 6.07) is 10.3. The smallest absolute Gasteiger partial charge is 0.237 e. The second-order valence-electron chi connectivity index (χ2n) is 5.37. The minimum atomic E-state index is -0.0975. The SMILES string of the molecule is Cc1nc(Cc2noc(C3(c4ccccc4)CC3)n2)no1. The van der Waals surface area contributed by atoms with Crippen LogP contribution in [0, 0.1) is 6.92 Å². The van der Waals surface area contributed by atoms with E-state index in [0.29, 0.717) is 29.9 Å². The van der Waals surface area contributed by atoms with Gasteiger partial charge in [-0.05, 0) is 18.4 Å². The molecule has 3 aromatic rings. The zero-order valence-corrected chi connectivity index (χ0v) is 11.6. The highest BCUT2D eigenvalue weighted by Gasteiger charge is 2.50. The third-order valence-corrected chi connectivity index (χ3v) is 3.84. The van der Waals surface area contributed by atoms with Gasteiger partial charge in [0.25, 0.3) is 0 Å². The average molecular weight is 282 g/mol. The molecule has 2 heterocycles. The van der Waals surface area contributed by atoms with Gasteiger partial charge in [-0.15, -0.1) is 0 Å². The molecule has 0 amide bonds. The lowest BCUT2D eigenvalue weighted by Gasteiger charge is -2.09. The molecule has 106 valence electrons. The molecular formula is C15H14N4O2. The quantitative estimate of drug-likeness (QED) is 0.731. The highest BCUT2D eigenvalue weighted by atomic mass is 16.5. The fourth-order valence-corrected chi connectivity index (χ4v) is 2.58. The van der Waals surface area contributed by atoms with Crippen LogP contribution in [0.25, 0.3) is 0 Å². The fourth-order valence-electron chi connectivity index (χ4n) is 2.58. The Balaban J connectivity index is 1.60. The minimum Gasteiger partial charge on any atom is -0.340 e. The van der Waals surface area contributed by atoms with E-state index in [1.54, 1.807) is 6.92 Å². The van der Waals surface area contributed by atoms with E-state index < -0.39 is 0 Å². The summed E-state index contributed by atoms with van der Waals surface area (Å²) in [4.78, 5) is 8.68. The van der Waals surface area contributed by atoms with Crippen LogP contribution in [0.15, 0.2) is 39.4 Å². The van der Waals surface area contributed by atoms with Crippen LogP contribution in [0.1, 0.15) is 41.8 Å². The fraction of sp³-hybridized carbons (Fsp3) is 0.333. The molecule has 0 bridgehead atoms. The van der Waals surface area contributed by atoms with Gasteiger partial charge in [0.15, 0.2) is 11.6 Å². The summed E-state index contributed by atoms with van der Waals surface area (Å²) in [6.45, 7) is 1.76. The Morgan fingerprint density at radius 1 is 1.00 bits per heavy atom. The maximum Gasteiger partial charge on any atom is 0.237 e. The van der Waals surface area contributed by atoms with Gasteiger partial charge >= 0.3 is 0 Å². The first-order valence-electron chi connectivity index (χ1n) is 6.94. The summed E-state index contributed by atoms with van der Waals surface area (Å²) < 4.78 is 10.4. The molecule has 0 atom stereocenters. The number of rotatable bonds is 4. The Morgan fingerprint density at radius 2 is 1.71 bits per heavy atom. The molecule has 1 fully saturated rings. The summed E-state index contributed by atoms with van der Waals surface area (Å²) in [5.74, 6) is 2.39. The lowest BCUT2D eigenvalue weighted by molar-refractivity contribution is 0.355. The van der Waals surface area contributed by atoms with Crippen molar-refractivity contribution < 1.29 is 9.05 Å². The van der Waals surface area contributed by atoms with E-state index in [1.165, 1.54) is 5.56 Å². The maximum absolute atomic E-state index is 5.48. The number of hydrogen-bond donors (Lipinski definition) is 0. The molecule has 1 aliphatic rings. The molecular weight excluding hydrogens is 268 g/mol. The van der Waals surface area contributed by atoms with Crippen molar-refractivity contribution >= 4 is 0 Å². The first-order chi connectivity index (χ1) is 10.3. The third-order valence-electron chi connectivity index (χ3n) is 3.84. The Hall–Kier alpha value is -2.50. The van der Waals surface area contributed by atoms with Crippen molar-refractivity contribution in [2.24, 2.45) is 0 Å². The van der Waals surface area contributed by atoms with Gasteiger partial charge < -0.3 is 9.05 Å². The van der Waals surface area contributed by atoms with E-state index in [4.69, 9.17) is 9.05 Å². The van der Waals surface area contributed by atoms with E-state index in [-0.39, 0.29) is 5.41 Å². The van der Waals surface area contributed by atoms with Gasteiger partial charge in [0.1, 0.15) is 0 Å². The van der Waals surface area contributed by atoms with E-state index in [1.807, 2.05) is 18.2 Å². The lowest BCUT2D eigenvalue weighted by atomic mass is 9.96. The van der Waals surface area contributed by atoms with Crippen molar-refractivity contribution in [3.63, 3.8) is 0 Å². The number of hydrogen-bond acceptors (Lipinski definition) is 6. The average Bonchev–Trinajstić information content (AvgIpc) is 3.02. The predicted molar refractivity (Wildman–Crippen MR) is 72.6 cm³/mol. The Morgan fingerprint density at radius 3 is 2.38 bits per heavy atom. The van der Waals surface area contributed by atoms with Crippen LogP contribution in [0.5, 0.6) is 0 Å². The van der Waals surface area contributed by atoms with Crippen LogP contribution in [-0.2, 0) is 11.8 Å². The van der Waals surface area contributed by atoms with E-state index in [9.17, 15) is 0 Å². The molecule has 6 heteroatoms. The van der Waals surface area contributed by atoms with Crippen molar-refractivity contribution in [3.05, 3.63) is 59.3 Å². The lowest BCUT2D eigenvalue weighted by Crippen LogP contribution is -2.09. The first-order valence-corrected chi connectivity index (χ1v) is 6.94. The molecule has 0 radical (unpaired) electrons. The van der Waals surface area contributed by atoms with Gasteiger partial charge in [0.05, 0.1) is 11.8 Å². The molecule has 6 nitrogen and oxygen atoms in total. The van der Waals surface area contributed by atoms with Crippen molar-refractivity contribution in [2.45, 2.75) is 31.6 Å². The molecule has 0 spiro atoms. The Bertz CT molecular complexity index is 759. The molecule has 0 N–H and O–H groups in total. The zero-order valence-electron chi connectivity index (χ0n) is 11.6. The standard InChI is InChI=1S/C15H14N4O2/c1-10-16-12(18-20-10)9-13-17-14(21-19-13)15(7-8-15)11-5-3-2-4-6-11/h2-6H,7-9H2,1H3. The van der Waals surface area contributed by atoms with Crippen LogP contribution in [-0.4, -0.2) is 20.3 Å². The number of nitrogens with zero attached hydrogens (tertiary/aromatic N) is 4. The molecule has 0 unspecified atom stereocenters. The molecule has 4 rings (SSSR count). The predicted octanol–water partition coefficient (Wildman–Crippen LogP) is 2.43. The van der Waals surface area contributed by atoms with Crippen LogP contribution in [0.4, 0.5) is 0 Å². The molecule has 1 aromatic carbocycles. The third kappa shape index (κ3) is 2.12. The topological polar surface area (TPSA) is 77.8 Å².